The average Bonchev–Trinajstić information content (AvgIpc) is 2.76. The van der Waals surface area contributed by atoms with E-state index >= 15 is 0 Å². The zero-order valence-electron chi connectivity index (χ0n) is 13.0. The topological polar surface area (TPSA) is 64.6 Å². The first-order valence-electron chi connectivity index (χ1n) is 6.71. The molecule has 132 valence electrons. The van der Waals surface area contributed by atoms with Gasteiger partial charge in [0.2, 0.25) is 17.1 Å². The number of anilines is 1. The molecule has 9 heteroatoms. The van der Waals surface area contributed by atoms with Crippen LogP contribution in [0.15, 0.2) is 29.1 Å². The standard InChI is InChI=1S/C16H11F4NO4/c1-24-7-3-5-8(9(22)6-4-7)21-16(23)10-11(17)13(19)15(25-2)14(20)12(10)18/h3-6H,1-2H3,(H,21,22,23). The zero-order valence-corrected chi connectivity index (χ0v) is 13.0. The molecule has 1 N–H and O–H groups in total. The van der Waals surface area contributed by atoms with Crippen molar-refractivity contribution in [3.05, 3.63) is 63.3 Å². The van der Waals surface area contributed by atoms with E-state index in [-0.39, 0.29) is 11.4 Å². The Bertz CT molecular complexity index is 873. The molecule has 25 heavy (non-hydrogen) atoms. The Morgan fingerprint density at radius 3 is 1.96 bits per heavy atom. The number of benzene rings is 1. The molecule has 0 aliphatic heterocycles. The molecule has 0 saturated heterocycles. The normalized spacial score (nSPS) is 10.3. The lowest BCUT2D eigenvalue weighted by molar-refractivity contribution is 0.101. The molecule has 0 saturated carbocycles. The first kappa shape index (κ1) is 18.2. The minimum Gasteiger partial charge on any atom is -0.497 e. The van der Waals surface area contributed by atoms with Gasteiger partial charge in [0.1, 0.15) is 11.3 Å². The highest BCUT2D eigenvalue weighted by Gasteiger charge is 2.30. The average molecular weight is 357 g/mol. The molecule has 0 aliphatic carbocycles. The highest BCUT2D eigenvalue weighted by Crippen LogP contribution is 2.30. The van der Waals surface area contributed by atoms with Crippen molar-refractivity contribution in [3.8, 4) is 11.5 Å². The Balaban J connectivity index is 2.50. The third kappa shape index (κ3) is 3.39. The summed E-state index contributed by atoms with van der Waals surface area (Å²) in [5.74, 6) is -10.2. The number of methoxy groups -OCH3 is 2. The largest absolute Gasteiger partial charge is 0.497 e. The van der Waals surface area contributed by atoms with Crippen LogP contribution in [0.5, 0.6) is 11.5 Å². The van der Waals surface area contributed by atoms with E-state index < -0.39 is 45.9 Å². The summed E-state index contributed by atoms with van der Waals surface area (Å²) < 4.78 is 64.3. The molecule has 2 rings (SSSR count). The van der Waals surface area contributed by atoms with Crippen molar-refractivity contribution in [1.82, 2.24) is 0 Å². The quantitative estimate of drug-likeness (QED) is 0.675. The third-order valence-electron chi connectivity index (χ3n) is 3.22. The number of carbonyl (C=O) groups is 1. The van der Waals surface area contributed by atoms with Gasteiger partial charge in [-0.05, 0) is 24.3 Å². The van der Waals surface area contributed by atoms with Gasteiger partial charge in [0, 0.05) is 0 Å². The van der Waals surface area contributed by atoms with E-state index in [1.807, 2.05) is 5.32 Å². The Hall–Kier alpha value is -3.10. The maximum absolute atomic E-state index is 13.9. The van der Waals surface area contributed by atoms with Crippen molar-refractivity contribution in [1.29, 1.82) is 0 Å². The van der Waals surface area contributed by atoms with Crippen molar-refractivity contribution in [2.45, 2.75) is 0 Å². The van der Waals surface area contributed by atoms with Gasteiger partial charge in [-0.3, -0.25) is 9.59 Å². The van der Waals surface area contributed by atoms with Gasteiger partial charge in [0.25, 0.3) is 5.91 Å². The van der Waals surface area contributed by atoms with Gasteiger partial charge < -0.3 is 14.8 Å². The molecule has 1 amide bonds. The molecule has 0 fully saturated rings. The van der Waals surface area contributed by atoms with Crippen LogP contribution in [0.3, 0.4) is 0 Å². The minimum absolute atomic E-state index is 0.275. The maximum atomic E-state index is 13.9. The molecule has 0 radical (unpaired) electrons. The van der Waals surface area contributed by atoms with Crippen LogP contribution in [0.2, 0.25) is 0 Å². The van der Waals surface area contributed by atoms with Gasteiger partial charge in [0.05, 0.1) is 19.9 Å². The molecule has 2 aromatic carbocycles. The van der Waals surface area contributed by atoms with E-state index in [0.29, 0.717) is 0 Å². The van der Waals surface area contributed by atoms with Crippen molar-refractivity contribution < 1.29 is 31.8 Å². The maximum Gasteiger partial charge on any atom is 0.261 e. The summed E-state index contributed by atoms with van der Waals surface area (Å²) in [7, 11) is 2.15. The molecule has 0 spiro atoms. The van der Waals surface area contributed by atoms with Crippen LogP contribution in [0.4, 0.5) is 23.2 Å². The third-order valence-corrected chi connectivity index (χ3v) is 3.22. The fourth-order valence-corrected chi connectivity index (χ4v) is 1.97. The van der Waals surface area contributed by atoms with Crippen LogP contribution in [0.1, 0.15) is 10.4 Å². The SMILES string of the molecule is COc1ccc(NC(=O)c2c(F)c(F)c(OC)c(F)c2F)c(=O)cc1. The van der Waals surface area contributed by atoms with E-state index in [9.17, 15) is 27.2 Å². The second-order valence-corrected chi connectivity index (χ2v) is 4.67. The minimum atomic E-state index is -1.95. The van der Waals surface area contributed by atoms with E-state index in [2.05, 4.69) is 4.74 Å². The van der Waals surface area contributed by atoms with Gasteiger partial charge in [-0.2, -0.15) is 8.78 Å². The predicted molar refractivity (Wildman–Crippen MR) is 80.0 cm³/mol. The smallest absolute Gasteiger partial charge is 0.261 e. The molecule has 5 nitrogen and oxygen atoms in total. The second-order valence-electron chi connectivity index (χ2n) is 4.67. The molecule has 0 heterocycles. The lowest BCUT2D eigenvalue weighted by atomic mass is 10.1. The number of halogens is 4. The highest BCUT2D eigenvalue weighted by molar-refractivity contribution is 6.04. The number of hydrogen-bond acceptors (Lipinski definition) is 4. The molecule has 0 atom stereocenters. The Labute approximate surface area is 138 Å². The Kier molecular flexibility index (Phi) is 5.26. The lowest BCUT2D eigenvalue weighted by Crippen LogP contribution is -2.21. The van der Waals surface area contributed by atoms with Gasteiger partial charge in [-0.1, -0.05) is 0 Å². The fraction of sp³-hybridized carbons (Fsp3) is 0.125. The van der Waals surface area contributed by atoms with Crippen molar-refractivity contribution in [3.63, 3.8) is 0 Å². The monoisotopic (exact) mass is 357 g/mol. The highest BCUT2D eigenvalue weighted by atomic mass is 19.2. The molecule has 2 aromatic rings. The number of amides is 1. The van der Waals surface area contributed by atoms with Gasteiger partial charge in [-0.15, -0.1) is 0 Å². The van der Waals surface area contributed by atoms with Gasteiger partial charge in [-0.25, -0.2) is 8.78 Å². The van der Waals surface area contributed by atoms with Crippen LogP contribution in [0.25, 0.3) is 0 Å². The Morgan fingerprint density at radius 2 is 1.44 bits per heavy atom. The predicted octanol–water partition coefficient (Wildman–Crippen LogP) is 2.87. The summed E-state index contributed by atoms with van der Waals surface area (Å²) in [5.41, 5.74) is -2.61. The van der Waals surface area contributed by atoms with Crippen molar-refractivity contribution in [2.75, 3.05) is 19.5 Å². The van der Waals surface area contributed by atoms with E-state index in [0.717, 1.165) is 19.2 Å². The van der Waals surface area contributed by atoms with E-state index in [1.54, 1.807) is 0 Å². The number of nitrogens with one attached hydrogen (secondary N) is 1. The van der Waals surface area contributed by atoms with Crippen LogP contribution >= 0.6 is 0 Å². The first-order chi connectivity index (χ1) is 11.8. The zero-order chi connectivity index (χ0) is 18.7. The molecule has 0 bridgehead atoms. The van der Waals surface area contributed by atoms with E-state index in [4.69, 9.17) is 4.74 Å². The summed E-state index contributed by atoms with van der Waals surface area (Å²) in [6, 6.07) is 4.76. The molecular weight excluding hydrogens is 346 g/mol. The van der Waals surface area contributed by atoms with Crippen LogP contribution in [-0.2, 0) is 0 Å². The summed E-state index contributed by atoms with van der Waals surface area (Å²) in [4.78, 5) is 23.9. The summed E-state index contributed by atoms with van der Waals surface area (Å²) >= 11 is 0. The van der Waals surface area contributed by atoms with Crippen LogP contribution in [0, 0.1) is 23.3 Å². The number of ether oxygens (including phenoxy) is 2. The molecule has 0 unspecified atom stereocenters. The molecule has 0 aliphatic rings. The van der Waals surface area contributed by atoms with Crippen LogP contribution < -0.4 is 20.2 Å². The Morgan fingerprint density at radius 1 is 0.880 bits per heavy atom. The van der Waals surface area contributed by atoms with Crippen LogP contribution in [-0.4, -0.2) is 20.1 Å². The first-order valence-corrected chi connectivity index (χ1v) is 6.71. The van der Waals surface area contributed by atoms with Crippen molar-refractivity contribution in [2.24, 2.45) is 0 Å². The summed E-state index contributed by atoms with van der Waals surface area (Å²) in [5, 5.41) is 1.91. The molecular formula is C16H11F4NO4. The van der Waals surface area contributed by atoms with E-state index in [1.165, 1.54) is 19.2 Å². The number of hydrogen-bond donors (Lipinski definition) is 1. The van der Waals surface area contributed by atoms with Gasteiger partial charge in [0.15, 0.2) is 17.4 Å². The summed E-state index contributed by atoms with van der Waals surface area (Å²) in [6.07, 6.45) is 0. The summed E-state index contributed by atoms with van der Waals surface area (Å²) in [6.45, 7) is 0. The molecule has 0 aromatic heterocycles. The second kappa shape index (κ2) is 7.20. The number of carbonyl (C=O) groups excluding carboxylic acids is 1. The van der Waals surface area contributed by atoms with Gasteiger partial charge >= 0.3 is 0 Å². The fourth-order valence-electron chi connectivity index (χ4n) is 1.97. The lowest BCUT2D eigenvalue weighted by Gasteiger charge is -2.10. The van der Waals surface area contributed by atoms with Crippen molar-refractivity contribution >= 4 is 11.6 Å². The number of rotatable bonds is 4.